The number of rotatable bonds is 9. The maximum atomic E-state index is 5.85. The molecule has 19 heavy (non-hydrogen) atoms. The quantitative estimate of drug-likeness (QED) is 0.698. The molecule has 0 aliphatic rings. The second-order valence-electron chi connectivity index (χ2n) is 4.48. The van der Waals surface area contributed by atoms with Gasteiger partial charge in [-0.25, -0.2) is 0 Å². The first-order chi connectivity index (χ1) is 9.22. The minimum Gasteiger partial charge on any atom is -0.493 e. The van der Waals surface area contributed by atoms with Crippen molar-refractivity contribution in [3.8, 4) is 11.5 Å². The van der Waals surface area contributed by atoms with Gasteiger partial charge in [-0.2, -0.15) is 0 Å². The predicted molar refractivity (Wildman–Crippen MR) is 77.0 cm³/mol. The Kier molecular flexibility index (Phi) is 7.30. The molecule has 1 aromatic carbocycles. The van der Waals surface area contributed by atoms with Gasteiger partial charge >= 0.3 is 0 Å². The SMILES string of the molecule is CCCNCc1cccc(OC)c1OCC(C)OC. The van der Waals surface area contributed by atoms with Crippen molar-refractivity contribution in [1.82, 2.24) is 5.32 Å². The van der Waals surface area contributed by atoms with Gasteiger partial charge in [-0.15, -0.1) is 0 Å². The van der Waals surface area contributed by atoms with Gasteiger partial charge in [0.15, 0.2) is 11.5 Å². The average molecular weight is 267 g/mol. The van der Waals surface area contributed by atoms with Crippen molar-refractivity contribution >= 4 is 0 Å². The number of hydrogen-bond donors (Lipinski definition) is 1. The normalized spacial score (nSPS) is 12.2. The maximum absolute atomic E-state index is 5.85. The van der Waals surface area contributed by atoms with E-state index in [0.717, 1.165) is 36.6 Å². The number of methoxy groups -OCH3 is 2. The lowest BCUT2D eigenvalue weighted by molar-refractivity contribution is 0.0702. The lowest BCUT2D eigenvalue weighted by Crippen LogP contribution is -2.19. The van der Waals surface area contributed by atoms with E-state index in [1.165, 1.54) is 0 Å². The molecule has 0 fully saturated rings. The molecule has 1 rings (SSSR count). The summed E-state index contributed by atoms with van der Waals surface area (Å²) in [4.78, 5) is 0. The fourth-order valence-corrected chi connectivity index (χ4v) is 1.69. The third kappa shape index (κ3) is 5.09. The molecule has 1 unspecified atom stereocenters. The highest BCUT2D eigenvalue weighted by molar-refractivity contribution is 5.46. The topological polar surface area (TPSA) is 39.7 Å². The monoisotopic (exact) mass is 267 g/mol. The van der Waals surface area contributed by atoms with E-state index in [0.29, 0.717) is 6.61 Å². The molecule has 4 nitrogen and oxygen atoms in total. The van der Waals surface area contributed by atoms with Crippen LogP contribution < -0.4 is 14.8 Å². The van der Waals surface area contributed by atoms with Crippen LogP contribution in [0, 0.1) is 0 Å². The van der Waals surface area contributed by atoms with E-state index in [9.17, 15) is 0 Å². The largest absolute Gasteiger partial charge is 0.493 e. The fraction of sp³-hybridized carbons (Fsp3) is 0.600. The van der Waals surface area contributed by atoms with Crippen molar-refractivity contribution in [3.63, 3.8) is 0 Å². The van der Waals surface area contributed by atoms with E-state index in [2.05, 4.69) is 18.3 Å². The highest BCUT2D eigenvalue weighted by atomic mass is 16.5. The van der Waals surface area contributed by atoms with Gasteiger partial charge in [-0.1, -0.05) is 19.1 Å². The lowest BCUT2D eigenvalue weighted by atomic mass is 10.2. The molecule has 1 N–H and O–H groups in total. The predicted octanol–water partition coefficient (Wildman–Crippen LogP) is 2.61. The van der Waals surface area contributed by atoms with Gasteiger partial charge in [0.2, 0.25) is 0 Å². The van der Waals surface area contributed by atoms with Gasteiger partial charge in [0.1, 0.15) is 6.61 Å². The molecule has 0 aliphatic heterocycles. The van der Waals surface area contributed by atoms with Crippen molar-refractivity contribution in [3.05, 3.63) is 23.8 Å². The van der Waals surface area contributed by atoms with Crippen LogP contribution in [-0.2, 0) is 11.3 Å². The molecule has 0 bridgehead atoms. The molecule has 0 amide bonds. The van der Waals surface area contributed by atoms with Gasteiger partial charge in [0.25, 0.3) is 0 Å². The zero-order chi connectivity index (χ0) is 14.1. The molecule has 0 heterocycles. The first kappa shape index (κ1) is 15.8. The summed E-state index contributed by atoms with van der Waals surface area (Å²) in [5.41, 5.74) is 1.11. The van der Waals surface area contributed by atoms with Crippen molar-refractivity contribution in [1.29, 1.82) is 0 Å². The van der Waals surface area contributed by atoms with E-state index in [1.807, 2.05) is 19.1 Å². The summed E-state index contributed by atoms with van der Waals surface area (Å²) in [6.45, 7) is 6.41. The Morgan fingerprint density at radius 3 is 2.68 bits per heavy atom. The van der Waals surface area contributed by atoms with Gasteiger partial charge < -0.3 is 19.5 Å². The molecule has 4 heteroatoms. The molecular formula is C15H25NO3. The van der Waals surface area contributed by atoms with Crippen molar-refractivity contribution in [2.45, 2.75) is 32.9 Å². The third-order valence-electron chi connectivity index (χ3n) is 2.89. The summed E-state index contributed by atoms with van der Waals surface area (Å²) in [7, 11) is 3.34. The summed E-state index contributed by atoms with van der Waals surface area (Å²) < 4.78 is 16.4. The molecule has 1 atom stereocenters. The fourth-order valence-electron chi connectivity index (χ4n) is 1.69. The van der Waals surface area contributed by atoms with Crippen LogP contribution in [0.15, 0.2) is 18.2 Å². The summed E-state index contributed by atoms with van der Waals surface area (Å²) in [5, 5.41) is 3.38. The Morgan fingerprint density at radius 2 is 2.05 bits per heavy atom. The highest BCUT2D eigenvalue weighted by Gasteiger charge is 2.11. The maximum Gasteiger partial charge on any atom is 0.165 e. The summed E-state index contributed by atoms with van der Waals surface area (Å²) in [5.74, 6) is 1.57. The number of benzene rings is 1. The molecule has 0 spiro atoms. The second-order valence-corrected chi connectivity index (χ2v) is 4.48. The van der Waals surface area contributed by atoms with Gasteiger partial charge in [0.05, 0.1) is 13.2 Å². The van der Waals surface area contributed by atoms with E-state index < -0.39 is 0 Å². The zero-order valence-corrected chi connectivity index (χ0v) is 12.4. The van der Waals surface area contributed by atoms with Crippen LogP contribution in [-0.4, -0.2) is 33.5 Å². The third-order valence-corrected chi connectivity index (χ3v) is 2.89. The molecule has 0 saturated carbocycles. The summed E-state index contributed by atoms with van der Waals surface area (Å²) in [6.07, 6.45) is 1.17. The van der Waals surface area contributed by atoms with Gasteiger partial charge in [-0.3, -0.25) is 0 Å². The molecule has 108 valence electrons. The Morgan fingerprint density at radius 1 is 1.26 bits per heavy atom. The number of nitrogens with one attached hydrogen (secondary N) is 1. The van der Waals surface area contributed by atoms with E-state index in [-0.39, 0.29) is 6.10 Å². The van der Waals surface area contributed by atoms with Crippen LogP contribution in [0.5, 0.6) is 11.5 Å². The first-order valence-electron chi connectivity index (χ1n) is 6.75. The van der Waals surface area contributed by atoms with Crippen LogP contribution in [0.2, 0.25) is 0 Å². The van der Waals surface area contributed by atoms with Crippen LogP contribution in [0.3, 0.4) is 0 Å². The number of para-hydroxylation sites is 1. The van der Waals surface area contributed by atoms with Gasteiger partial charge in [0, 0.05) is 19.2 Å². The van der Waals surface area contributed by atoms with Crippen LogP contribution in [0.4, 0.5) is 0 Å². The number of hydrogen-bond acceptors (Lipinski definition) is 4. The zero-order valence-electron chi connectivity index (χ0n) is 12.4. The van der Waals surface area contributed by atoms with E-state index in [4.69, 9.17) is 14.2 Å². The van der Waals surface area contributed by atoms with E-state index in [1.54, 1.807) is 14.2 Å². The Labute approximate surface area is 116 Å². The van der Waals surface area contributed by atoms with Crippen LogP contribution in [0.25, 0.3) is 0 Å². The van der Waals surface area contributed by atoms with Crippen LogP contribution >= 0.6 is 0 Å². The molecule has 0 saturated heterocycles. The summed E-state index contributed by atoms with van der Waals surface area (Å²) in [6, 6.07) is 5.95. The van der Waals surface area contributed by atoms with Crippen LogP contribution in [0.1, 0.15) is 25.8 Å². The number of ether oxygens (including phenoxy) is 3. The van der Waals surface area contributed by atoms with Crippen molar-refractivity contribution in [2.24, 2.45) is 0 Å². The Hall–Kier alpha value is -1.26. The van der Waals surface area contributed by atoms with Gasteiger partial charge in [-0.05, 0) is 26.0 Å². The van der Waals surface area contributed by atoms with E-state index >= 15 is 0 Å². The standard InChI is InChI=1S/C15H25NO3/c1-5-9-16-10-13-7-6-8-14(18-4)15(13)19-11-12(2)17-3/h6-8,12,16H,5,9-11H2,1-4H3. The highest BCUT2D eigenvalue weighted by Crippen LogP contribution is 2.31. The molecular weight excluding hydrogens is 242 g/mol. The molecule has 1 aromatic rings. The minimum absolute atomic E-state index is 0.0568. The first-order valence-corrected chi connectivity index (χ1v) is 6.75. The smallest absolute Gasteiger partial charge is 0.165 e. The Balaban J connectivity index is 2.77. The second kappa shape index (κ2) is 8.77. The summed E-state index contributed by atoms with van der Waals surface area (Å²) >= 11 is 0. The average Bonchev–Trinajstić information content (AvgIpc) is 2.45. The Bertz CT molecular complexity index is 368. The lowest BCUT2D eigenvalue weighted by Gasteiger charge is -2.17. The molecule has 0 aliphatic carbocycles. The van der Waals surface area contributed by atoms with Crippen molar-refractivity contribution < 1.29 is 14.2 Å². The molecule has 0 aromatic heterocycles. The molecule has 0 radical (unpaired) electrons. The minimum atomic E-state index is 0.0568. The van der Waals surface area contributed by atoms with Crippen molar-refractivity contribution in [2.75, 3.05) is 27.4 Å².